The highest BCUT2D eigenvalue weighted by Gasteiger charge is 2.41. The van der Waals surface area contributed by atoms with Crippen molar-refractivity contribution in [1.82, 2.24) is 19.4 Å². The number of pyridine rings is 1. The van der Waals surface area contributed by atoms with E-state index in [9.17, 15) is 27.9 Å². The minimum atomic E-state index is -4.67. The predicted octanol–water partition coefficient (Wildman–Crippen LogP) is 4.25. The number of aromatic nitrogens is 2. The Labute approximate surface area is 205 Å². The number of piperazine rings is 1. The van der Waals surface area contributed by atoms with Crippen molar-refractivity contribution in [3.63, 3.8) is 0 Å². The fourth-order valence-corrected chi connectivity index (χ4v) is 5.62. The van der Waals surface area contributed by atoms with Gasteiger partial charge in [0.15, 0.2) is 5.69 Å². The van der Waals surface area contributed by atoms with Gasteiger partial charge in [0.1, 0.15) is 12.2 Å². The third-order valence-corrected chi connectivity index (χ3v) is 7.92. The van der Waals surface area contributed by atoms with E-state index in [1.807, 2.05) is 6.92 Å². The molecule has 3 heterocycles. The Morgan fingerprint density at radius 1 is 1.17 bits per heavy atom. The molecule has 1 unspecified atom stereocenters. The first-order valence-corrected chi connectivity index (χ1v) is 12.5. The Kier molecular flexibility index (Phi) is 6.24. The van der Waals surface area contributed by atoms with Crippen LogP contribution in [0.1, 0.15) is 79.5 Å². The molecular weight excluding hydrogens is 485 g/mol. The number of halogens is 4. The van der Waals surface area contributed by atoms with E-state index in [1.54, 1.807) is 11.0 Å². The van der Waals surface area contributed by atoms with Crippen LogP contribution in [0.5, 0.6) is 0 Å². The van der Waals surface area contributed by atoms with Gasteiger partial charge < -0.3 is 14.9 Å². The molecule has 2 aromatic heterocycles. The third kappa shape index (κ3) is 4.50. The molecule has 2 aromatic rings. The zero-order valence-corrected chi connectivity index (χ0v) is 20.1. The predicted molar refractivity (Wildman–Crippen MR) is 122 cm³/mol. The van der Waals surface area contributed by atoms with Crippen LogP contribution >= 0.6 is 11.6 Å². The largest absolute Gasteiger partial charge is 0.433 e. The Bertz CT molecular complexity index is 1160. The van der Waals surface area contributed by atoms with Crippen LogP contribution in [0.3, 0.4) is 0 Å². The van der Waals surface area contributed by atoms with E-state index < -0.39 is 17.8 Å². The maximum absolute atomic E-state index is 13.8. The lowest BCUT2D eigenvalue weighted by atomic mass is 9.90. The summed E-state index contributed by atoms with van der Waals surface area (Å²) in [6.45, 7) is 2.06. The summed E-state index contributed by atoms with van der Waals surface area (Å²) in [7, 11) is 0. The van der Waals surface area contributed by atoms with E-state index in [4.69, 9.17) is 11.6 Å². The smallest absolute Gasteiger partial charge is 0.393 e. The number of aliphatic hydroxyl groups excluding tert-OH is 1. The number of hydrogen-bond donors (Lipinski definition) is 1. The number of hydrogen-bond acceptors (Lipinski definition) is 4. The lowest BCUT2D eigenvalue weighted by Gasteiger charge is -2.45. The standard InChI is InChI=1S/C24H28ClF3N4O3/c1-2-15-11-30(16-5-7-17(33)8-6-16)20(34)12-31(15)23(35)22-21(25)18-9-14(13-3-4-13)10-19(24(26,27)28)32(18)29-22/h9-10,13,15-17,33H,2-8,11-12H2,1H3. The second-order valence-electron chi connectivity index (χ2n) is 9.91. The van der Waals surface area contributed by atoms with E-state index in [0.717, 1.165) is 18.9 Å². The Morgan fingerprint density at radius 3 is 2.46 bits per heavy atom. The second-order valence-corrected chi connectivity index (χ2v) is 10.3. The minimum absolute atomic E-state index is 0.0196. The van der Waals surface area contributed by atoms with Crippen molar-refractivity contribution in [1.29, 1.82) is 0 Å². The van der Waals surface area contributed by atoms with Crippen molar-refractivity contribution in [2.45, 2.75) is 82.2 Å². The van der Waals surface area contributed by atoms with Crippen molar-refractivity contribution < 1.29 is 27.9 Å². The molecule has 2 saturated carbocycles. The van der Waals surface area contributed by atoms with Crippen molar-refractivity contribution in [3.05, 3.63) is 34.1 Å². The highest BCUT2D eigenvalue weighted by Crippen LogP contribution is 2.43. The molecular formula is C24H28ClF3N4O3. The number of carbonyl (C=O) groups excluding carboxylic acids is 2. The van der Waals surface area contributed by atoms with Crippen LogP contribution in [0.4, 0.5) is 13.2 Å². The van der Waals surface area contributed by atoms with Crippen molar-refractivity contribution in [2.75, 3.05) is 13.1 Å². The summed E-state index contributed by atoms with van der Waals surface area (Å²) in [5, 5.41) is 13.7. The van der Waals surface area contributed by atoms with Gasteiger partial charge in [-0.25, -0.2) is 4.52 Å². The normalized spacial score (nSPS) is 26.0. The molecule has 1 N–H and O–H groups in total. The lowest BCUT2D eigenvalue weighted by molar-refractivity contribution is -0.142. The molecule has 2 amide bonds. The molecule has 0 radical (unpaired) electrons. The Morgan fingerprint density at radius 2 is 1.86 bits per heavy atom. The van der Waals surface area contributed by atoms with Gasteiger partial charge in [-0.15, -0.1) is 0 Å². The molecule has 3 fully saturated rings. The summed E-state index contributed by atoms with van der Waals surface area (Å²) in [5.74, 6) is -0.794. The number of fused-ring (bicyclic) bond motifs is 1. The molecule has 11 heteroatoms. The highest BCUT2D eigenvalue weighted by molar-refractivity contribution is 6.36. The summed E-state index contributed by atoms with van der Waals surface area (Å²) in [6.07, 6.45) is -0.131. The Hall–Kier alpha value is -2.33. The van der Waals surface area contributed by atoms with Crippen molar-refractivity contribution in [3.8, 4) is 0 Å². The SMILES string of the molecule is CCC1CN(C2CCC(O)CC2)C(=O)CN1C(=O)c1nn2c(C(F)(F)F)cc(C3CC3)cc2c1Cl. The maximum atomic E-state index is 13.8. The number of rotatable bonds is 4. The van der Waals surface area contributed by atoms with E-state index in [0.29, 0.717) is 48.7 Å². The summed E-state index contributed by atoms with van der Waals surface area (Å²) in [5.41, 5.74) is -0.653. The molecule has 5 rings (SSSR count). The van der Waals surface area contributed by atoms with Crippen molar-refractivity contribution >= 4 is 28.9 Å². The first kappa shape index (κ1) is 24.4. The van der Waals surface area contributed by atoms with Crippen LogP contribution in [0, 0.1) is 0 Å². The fourth-order valence-electron chi connectivity index (χ4n) is 5.37. The van der Waals surface area contributed by atoms with Crippen LogP contribution in [0.15, 0.2) is 12.1 Å². The topological polar surface area (TPSA) is 78.2 Å². The summed E-state index contributed by atoms with van der Waals surface area (Å²) in [6, 6.07) is 2.38. The van der Waals surface area contributed by atoms with Gasteiger partial charge in [0, 0.05) is 18.6 Å². The van der Waals surface area contributed by atoms with Crippen LogP contribution in [-0.4, -0.2) is 67.6 Å². The first-order chi connectivity index (χ1) is 16.6. The van der Waals surface area contributed by atoms with Gasteiger partial charge in [-0.3, -0.25) is 9.59 Å². The Balaban J connectivity index is 1.45. The molecule has 0 aromatic carbocycles. The summed E-state index contributed by atoms with van der Waals surface area (Å²) >= 11 is 6.46. The number of carbonyl (C=O) groups is 2. The molecule has 1 atom stereocenters. The molecule has 0 spiro atoms. The number of nitrogens with zero attached hydrogens (tertiary/aromatic N) is 4. The molecule has 190 valence electrons. The minimum Gasteiger partial charge on any atom is -0.393 e. The van der Waals surface area contributed by atoms with Crippen molar-refractivity contribution in [2.24, 2.45) is 0 Å². The van der Waals surface area contributed by atoms with Crippen LogP contribution in [-0.2, 0) is 11.0 Å². The van der Waals surface area contributed by atoms with Gasteiger partial charge in [-0.05, 0) is 68.6 Å². The van der Waals surface area contributed by atoms with E-state index in [1.165, 1.54) is 4.90 Å². The van der Waals surface area contributed by atoms with Crippen LogP contribution in [0.2, 0.25) is 5.02 Å². The average Bonchev–Trinajstić information content (AvgIpc) is 3.62. The summed E-state index contributed by atoms with van der Waals surface area (Å²) < 4.78 is 42.2. The van der Waals surface area contributed by atoms with Gasteiger partial charge in [-0.2, -0.15) is 18.3 Å². The summed E-state index contributed by atoms with van der Waals surface area (Å²) in [4.78, 5) is 29.7. The van der Waals surface area contributed by atoms with Gasteiger partial charge >= 0.3 is 6.18 Å². The fraction of sp³-hybridized carbons (Fsp3) is 0.625. The first-order valence-electron chi connectivity index (χ1n) is 12.2. The lowest BCUT2D eigenvalue weighted by Crippen LogP contribution is -2.60. The monoisotopic (exact) mass is 512 g/mol. The van der Waals surface area contributed by atoms with E-state index in [2.05, 4.69) is 5.10 Å². The maximum Gasteiger partial charge on any atom is 0.433 e. The van der Waals surface area contributed by atoms with Crippen LogP contribution < -0.4 is 0 Å². The zero-order chi connectivity index (χ0) is 25.1. The molecule has 35 heavy (non-hydrogen) atoms. The second kappa shape index (κ2) is 8.96. The van der Waals surface area contributed by atoms with Crippen LogP contribution in [0.25, 0.3) is 5.52 Å². The number of alkyl halides is 3. The zero-order valence-electron chi connectivity index (χ0n) is 19.4. The molecule has 3 aliphatic rings. The molecule has 7 nitrogen and oxygen atoms in total. The third-order valence-electron chi connectivity index (χ3n) is 7.55. The number of aliphatic hydroxyl groups is 1. The van der Waals surface area contributed by atoms with Gasteiger partial charge in [0.25, 0.3) is 5.91 Å². The quantitative estimate of drug-likeness (QED) is 0.664. The number of amides is 2. The molecule has 1 aliphatic heterocycles. The average molecular weight is 513 g/mol. The molecule has 2 aliphatic carbocycles. The van der Waals surface area contributed by atoms with Gasteiger partial charge in [-0.1, -0.05) is 18.5 Å². The van der Waals surface area contributed by atoms with Gasteiger partial charge in [0.2, 0.25) is 5.91 Å². The highest BCUT2D eigenvalue weighted by atomic mass is 35.5. The molecule has 1 saturated heterocycles. The van der Waals surface area contributed by atoms with E-state index in [-0.39, 0.29) is 52.8 Å². The molecule has 0 bridgehead atoms. The van der Waals surface area contributed by atoms with E-state index >= 15 is 0 Å². The van der Waals surface area contributed by atoms with Gasteiger partial charge in [0.05, 0.1) is 16.6 Å².